The van der Waals surface area contributed by atoms with E-state index in [0.29, 0.717) is 0 Å². The Balaban J connectivity index is 1.71. The third kappa shape index (κ3) is 7.82. The first-order valence-corrected chi connectivity index (χ1v) is 16.0. The number of hydrogen-bond acceptors (Lipinski definition) is 4. The second-order valence-electron chi connectivity index (χ2n) is 10.6. The van der Waals surface area contributed by atoms with Crippen molar-refractivity contribution in [3.05, 3.63) is 93.7 Å². The van der Waals surface area contributed by atoms with E-state index in [1.54, 1.807) is 25.1 Å². The molecule has 0 heterocycles. The normalized spacial score (nSPS) is 14.7. The van der Waals surface area contributed by atoms with Gasteiger partial charge >= 0.3 is 0 Å². The molecule has 0 bridgehead atoms. The lowest BCUT2D eigenvalue weighted by Crippen LogP contribution is -2.53. The Bertz CT molecular complexity index is 1510. The second-order valence-corrected chi connectivity index (χ2v) is 13.3. The summed E-state index contributed by atoms with van der Waals surface area (Å²) in [5.41, 5.74) is 1.13. The minimum absolute atomic E-state index is 0.00821. The number of hydrogen-bond donors (Lipinski definition) is 1. The molecule has 0 aromatic heterocycles. The van der Waals surface area contributed by atoms with Crippen molar-refractivity contribution in [3.63, 3.8) is 0 Å². The SMILES string of the molecule is Cc1ccc(S(=O)(=O)N(CC(=O)N(Cc2ccccc2F)C(C)C(=O)NC2CCCCC2)c2cc(Cl)cc(Cl)c2)cc1. The molecular weight excluding hydrogens is 600 g/mol. The molecule has 224 valence electrons. The molecule has 3 aromatic carbocycles. The number of nitrogens with one attached hydrogen (secondary N) is 1. The van der Waals surface area contributed by atoms with E-state index in [0.717, 1.165) is 42.0 Å². The van der Waals surface area contributed by atoms with Crippen LogP contribution in [0.15, 0.2) is 71.6 Å². The maximum atomic E-state index is 14.7. The van der Waals surface area contributed by atoms with Crippen molar-refractivity contribution in [1.82, 2.24) is 10.2 Å². The van der Waals surface area contributed by atoms with Crippen LogP contribution in [0.25, 0.3) is 0 Å². The number of carbonyl (C=O) groups is 2. The third-order valence-electron chi connectivity index (χ3n) is 7.44. The molecule has 2 amide bonds. The van der Waals surface area contributed by atoms with E-state index in [1.165, 1.54) is 53.4 Å². The number of nitrogens with zero attached hydrogens (tertiary/aromatic N) is 2. The van der Waals surface area contributed by atoms with Gasteiger partial charge in [-0.3, -0.25) is 13.9 Å². The van der Waals surface area contributed by atoms with Gasteiger partial charge in [0, 0.05) is 28.2 Å². The van der Waals surface area contributed by atoms with Gasteiger partial charge in [0.15, 0.2) is 0 Å². The van der Waals surface area contributed by atoms with Crippen molar-refractivity contribution in [1.29, 1.82) is 0 Å². The highest BCUT2D eigenvalue weighted by Crippen LogP contribution is 2.30. The first-order chi connectivity index (χ1) is 20.0. The summed E-state index contributed by atoms with van der Waals surface area (Å²) in [7, 11) is -4.29. The van der Waals surface area contributed by atoms with Crippen LogP contribution in [0.1, 0.15) is 50.2 Å². The molecule has 1 N–H and O–H groups in total. The average Bonchev–Trinajstić information content (AvgIpc) is 2.95. The standard InChI is InChI=1S/C31H34Cl2FN3O4S/c1-21-12-14-28(15-13-21)42(40,41)37(27-17-24(32)16-25(33)18-27)20-30(38)36(19-23-8-6-7-11-29(23)34)22(2)31(39)35-26-9-4-3-5-10-26/h6-8,11-18,22,26H,3-5,9-10,19-20H2,1-2H3,(H,35,39). The molecule has 7 nitrogen and oxygen atoms in total. The smallest absolute Gasteiger partial charge is 0.264 e. The zero-order valence-corrected chi connectivity index (χ0v) is 25.9. The van der Waals surface area contributed by atoms with Gasteiger partial charge < -0.3 is 10.2 Å². The summed E-state index contributed by atoms with van der Waals surface area (Å²) in [4.78, 5) is 28.6. The van der Waals surface area contributed by atoms with Crippen LogP contribution < -0.4 is 9.62 Å². The minimum Gasteiger partial charge on any atom is -0.352 e. The van der Waals surface area contributed by atoms with Crippen molar-refractivity contribution in [2.24, 2.45) is 0 Å². The fourth-order valence-corrected chi connectivity index (χ4v) is 6.92. The lowest BCUT2D eigenvalue weighted by molar-refractivity contribution is -0.139. The predicted octanol–water partition coefficient (Wildman–Crippen LogP) is 6.50. The van der Waals surface area contributed by atoms with Crippen molar-refractivity contribution < 1.29 is 22.4 Å². The Kier molecular flexibility index (Phi) is 10.5. The average molecular weight is 635 g/mol. The molecule has 1 fully saturated rings. The number of amides is 2. The summed E-state index contributed by atoms with van der Waals surface area (Å²) in [6.07, 6.45) is 4.81. The fraction of sp³-hybridized carbons (Fsp3) is 0.355. The molecule has 1 atom stereocenters. The van der Waals surface area contributed by atoms with Gasteiger partial charge in [-0.05, 0) is 63.1 Å². The topological polar surface area (TPSA) is 86.8 Å². The highest BCUT2D eigenvalue weighted by Gasteiger charge is 2.34. The molecule has 0 saturated heterocycles. The van der Waals surface area contributed by atoms with E-state index in [-0.39, 0.29) is 44.7 Å². The Hall–Kier alpha value is -3.14. The lowest BCUT2D eigenvalue weighted by atomic mass is 9.95. The van der Waals surface area contributed by atoms with Gasteiger partial charge in [-0.15, -0.1) is 0 Å². The van der Waals surface area contributed by atoms with Gasteiger partial charge in [0.25, 0.3) is 10.0 Å². The summed E-state index contributed by atoms with van der Waals surface area (Å²) < 4.78 is 43.5. The summed E-state index contributed by atoms with van der Waals surface area (Å²) in [5, 5.41) is 3.38. The van der Waals surface area contributed by atoms with Crippen LogP contribution in [-0.4, -0.2) is 43.8 Å². The largest absolute Gasteiger partial charge is 0.352 e. The molecule has 1 aliphatic rings. The molecule has 0 spiro atoms. The van der Waals surface area contributed by atoms with E-state index >= 15 is 0 Å². The minimum atomic E-state index is -4.29. The van der Waals surface area contributed by atoms with Gasteiger partial charge in [0.2, 0.25) is 11.8 Å². The monoisotopic (exact) mass is 633 g/mol. The molecule has 42 heavy (non-hydrogen) atoms. The van der Waals surface area contributed by atoms with Crippen LogP contribution in [0.2, 0.25) is 10.0 Å². The Labute approximate surface area is 256 Å². The number of rotatable bonds is 10. The second kappa shape index (κ2) is 13.9. The number of halogens is 3. The van der Waals surface area contributed by atoms with Crippen LogP contribution in [-0.2, 0) is 26.2 Å². The highest BCUT2D eigenvalue weighted by molar-refractivity contribution is 7.92. The van der Waals surface area contributed by atoms with Crippen molar-refractivity contribution in [2.75, 3.05) is 10.8 Å². The van der Waals surface area contributed by atoms with E-state index in [9.17, 15) is 22.4 Å². The Morgan fingerprint density at radius 3 is 2.21 bits per heavy atom. The Morgan fingerprint density at radius 1 is 0.976 bits per heavy atom. The van der Waals surface area contributed by atoms with Gasteiger partial charge in [-0.25, -0.2) is 12.8 Å². The van der Waals surface area contributed by atoms with Gasteiger partial charge in [-0.1, -0.05) is 78.4 Å². The van der Waals surface area contributed by atoms with Crippen molar-refractivity contribution in [2.45, 2.75) is 69.5 Å². The molecule has 11 heteroatoms. The summed E-state index contributed by atoms with van der Waals surface area (Å²) in [5.74, 6) is -1.62. The van der Waals surface area contributed by atoms with Gasteiger partial charge in [0.05, 0.1) is 10.6 Å². The third-order valence-corrected chi connectivity index (χ3v) is 9.67. The molecule has 1 saturated carbocycles. The zero-order valence-electron chi connectivity index (χ0n) is 23.5. The zero-order chi connectivity index (χ0) is 30.4. The molecule has 0 aliphatic heterocycles. The van der Waals surface area contributed by atoms with Gasteiger partial charge in [-0.2, -0.15) is 0 Å². The number of aryl methyl sites for hydroxylation is 1. The maximum Gasteiger partial charge on any atom is 0.264 e. The van der Waals surface area contributed by atoms with Crippen LogP contribution in [0.5, 0.6) is 0 Å². The molecule has 3 aromatic rings. The number of carbonyl (C=O) groups excluding carboxylic acids is 2. The lowest BCUT2D eigenvalue weighted by Gasteiger charge is -2.33. The van der Waals surface area contributed by atoms with Gasteiger partial charge in [0.1, 0.15) is 18.4 Å². The van der Waals surface area contributed by atoms with E-state index in [2.05, 4.69) is 5.32 Å². The molecule has 0 radical (unpaired) electrons. The molecular formula is C31H34Cl2FN3O4S. The van der Waals surface area contributed by atoms with Crippen LogP contribution in [0.4, 0.5) is 10.1 Å². The van der Waals surface area contributed by atoms with Crippen LogP contribution in [0, 0.1) is 12.7 Å². The van der Waals surface area contributed by atoms with E-state index < -0.39 is 34.3 Å². The van der Waals surface area contributed by atoms with Crippen LogP contribution in [0.3, 0.4) is 0 Å². The molecule has 1 aliphatic carbocycles. The van der Waals surface area contributed by atoms with Crippen molar-refractivity contribution in [3.8, 4) is 0 Å². The summed E-state index contributed by atoms with van der Waals surface area (Å²) in [6.45, 7) is 2.47. The summed E-state index contributed by atoms with van der Waals surface area (Å²) >= 11 is 12.4. The quantitative estimate of drug-likeness (QED) is 0.276. The summed E-state index contributed by atoms with van der Waals surface area (Å²) in [6, 6.07) is 15.4. The first kappa shape index (κ1) is 31.8. The van der Waals surface area contributed by atoms with Crippen molar-refractivity contribution >= 4 is 50.7 Å². The maximum absolute atomic E-state index is 14.7. The van der Waals surface area contributed by atoms with E-state index in [4.69, 9.17) is 23.2 Å². The van der Waals surface area contributed by atoms with E-state index in [1.807, 2.05) is 6.92 Å². The number of sulfonamides is 1. The fourth-order valence-electron chi connectivity index (χ4n) is 5.01. The van der Waals surface area contributed by atoms with Crippen LogP contribution >= 0.6 is 23.2 Å². The first-order valence-electron chi connectivity index (χ1n) is 13.8. The Morgan fingerprint density at radius 2 is 1.60 bits per heavy atom. The predicted molar refractivity (Wildman–Crippen MR) is 164 cm³/mol. The molecule has 4 rings (SSSR count). The highest BCUT2D eigenvalue weighted by atomic mass is 35.5. The number of benzene rings is 3. The number of anilines is 1. The molecule has 1 unspecified atom stereocenters.